The number of hydrogen-bond acceptors (Lipinski definition) is 5. The van der Waals surface area contributed by atoms with Crippen molar-refractivity contribution in [2.24, 2.45) is 4.99 Å². The lowest BCUT2D eigenvalue weighted by Gasteiger charge is -2.23. The lowest BCUT2D eigenvalue weighted by atomic mass is 10.0. The minimum absolute atomic E-state index is 0.000305. The molecule has 0 amide bonds. The number of ether oxygens (including phenoxy) is 1. The highest BCUT2D eigenvalue weighted by Gasteiger charge is 2.26. The molecule has 6 nitrogen and oxygen atoms in total. The fourth-order valence-corrected chi connectivity index (χ4v) is 3.19. The van der Waals surface area contributed by atoms with Crippen molar-refractivity contribution in [3.63, 3.8) is 0 Å². The van der Waals surface area contributed by atoms with E-state index in [4.69, 9.17) is 9.73 Å². The molecular formula is C26H26N2O4. The zero-order chi connectivity index (χ0) is 23.1. The van der Waals surface area contributed by atoms with Crippen LogP contribution < -0.4 is 0 Å². The van der Waals surface area contributed by atoms with Gasteiger partial charge in [0.15, 0.2) is 6.04 Å². The second-order valence-corrected chi connectivity index (χ2v) is 8.39. The van der Waals surface area contributed by atoms with Crippen molar-refractivity contribution in [2.45, 2.75) is 38.8 Å². The monoisotopic (exact) mass is 430 g/mol. The topological polar surface area (TPSA) is 81.8 Å². The van der Waals surface area contributed by atoms with E-state index >= 15 is 0 Å². The first-order valence-electron chi connectivity index (χ1n) is 10.4. The minimum Gasteiger partial charge on any atom is -0.458 e. The Hall–Kier alpha value is -3.80. The first kappa shape index (κ1) is 22.9. The molecule has 0 bridgehead atoms. The molecular weight excluding hydrogens is 404 g/mol. The highest BCUT2D eigenvalue weighted by atomic mass is 16.6. The standard InChI is InChI=1S/C26H26N2O4/c1-26(2,3)32-25(29)23(18-19-14-16-22(17-15-19)28(30)31)27-24(20-10-6-4-7-11-20)21-12-8-5-9-13-21/h4-17,23H,18H2,1-3H3/t23-/m1/s1. The van der Waals surface area contributed by atoms with Gasteiger partial charge >= 0.3 is 5.97 Å². The highest BCUT2D eigenvalue weighted by molar-refractivity contribution is 6.13. The molecule has 0 aliphatic carbocycles. The summed E-state index contributed by atoms with van der Waals surface area (Å²) < 4.78 is 5.65. The zero-order valence-corrected chi connectivity index (χ0v) is 18.4. The number of nitro benzene ring substituents is 1. The summed E-state index contributed by atoms with van der Waals surface area (Å²) in [6.45, 7) is 5.44. The first-order valence-corrected chi connectivity index (χ1v) is 10.4. The molecule has 0 fully saturated rings. The summed E-state index contributed by atoms with van der Waals surface area (Å²) in [4.78, 5) is 28.5. The van der Waals surface area contributed by atoms with Gasteiger partial charge in [0, 0.05) is 29.7 Å². The van der Waals surface area contributed by atoms with Gasteiger partial charge in [0.2, 0.25) is 0 Å². The van der Waals surface area contributed by atoms with E-state index in [9.17, 15) is 14.9 Å². The maximum absolute atomic E-state index is 13.1. The largest absolute Gasteiger partial charge is 0.458 e. The average molecular weight is 431 g/mol. The second kappa shape index (κ2) is 10.0. The Morgan fingerprint density at radius 3 is 1.84 bits per heavy atom. The average Bonchev–Trinajstić information content (AvgIpc) is 2.77. The lowest BCUT2D eigenvalue weighted by molar-refractivity contribution is -0.384. The number of hydrogen-bond donors (Lipinski definition) is 0. The molecule has 0 spiro atoms. The van der Waals surface area contributed by atoms with Crippen molar-refractivity contribution < 1.29 is 14.5 Å². The number of non-ortho nitro benzene ring substituents is 1. The van der Waals surface area contributed by atoms with E-state index in [-0.39, 0.29) is 12.1 Å². The summed E-state index contributed by atoms with van der Waals surface area (Å²) in [5.41, 5.74) is 2.55. The molecule has 32 heavy (non-hydrogen) atoms. The van der Waals surface area contributed by atoms with Gasteiger partial charge in [-0.25, -0.2) is 4.79 Å². The number of esters is 1. The zero-order valence-electron chi connectivity index (χ0n) is 18.4. The fraction of sp³-hybridized carbons (Fsp3) is 0.231. The Morgan fingerprint density at radius 2 is 1.41 bits per heavy atom. The summed E-state index contributed by atoms with van der Waals surface area (Å²) in [6.07, 6.45) is 0.260. The van der Waals surface area contributed by atoms with Gasteiger partial charge in [0.25, 0.3) is 5.69 Å². The SMILES string of the molecule is CC(C)(C)OC(=O)[C@@H](Cc1ccc([N+](=O)[O-])cc1)N=C(c1ccccc1)c1ccccc1. The van der Waals surface area contributed by atoms with Crippen molar-refractivity contribution in [1.29, 1.82) is 0 Å². The predicted octanol–water partition coefficient (Wildman–Crippen LogP) is 5.39. The molecule has 0 unspecified atom stereocenters. The minimum atomic E-state index is -0.814. The number of nitro groups is 1. The van der Waals surface area contributed by atoms with Crippen LogP contribution in [0.4, 0.5) is 5.69 Å². The van der Waals surface area contributed by atoms with Crippen molar-refractivity contribution in [2.75, 3.05) is 0 Å². The van der Waals surface area contributed by atoms with E-state index in [1.165, 1.54) is 12.1 Å². The number of rotatable bonds is 7. The first-order chi connectivity index (χ1) is 15.2. The van der Waals surface area contributed by atoms with Gasteiger partial charge < -0.3 is 4.74 Å². The van der Waals surface area contributed by atoms with Crippen LogP contribution in [-0.4, -0.2) is 28.2 Å². The van der Waals surface area contributed by atoms with Crippen LogP contribution in [0.2, 0.25) is 0 Å². The molecule has 0 saturated heterocycles. The quantitative estimate of drug-likeness (QED) is 0.218. The van der Waals surface area contributed by atoms with Crippen molar-refractivity contribution in [1.82, 2.24) is 0 Å². The normalized spacial score (nSPS) is 12.0. The van der Waals surface area contributed by atoms with E-state index in [2.05, 4.69) is 0 Å². The van der Waals surface area contributed by atoms with Crippen molar-refractivity contribution in [3.05, 3.63) is 112 Å². The third-order valence-electron chi connectivity index (χ3n) is 4.63. The lowest BCUT2D eigenvalue weighted by Crippen LogP contribution is -2.33. The van der Waals surface area contributed by atoms with Gasteiger partial charge in [0.1, 0.15) is 5.60 Å². The van der Waals surface area contributed by atoms with Crippen LogP contribution in [0.25, 0.3) is 0 Å². The summed E-state index contributed by atoms with van der Waals surface area (Å²) in [7, 11) is 0. The fourth-order valence-electron chi connectivity index (χ4n) is 3.19. The molecule has 0 aliphatic heterocycles. The number of aliphatic imine (C=N–C) groups is 1. The third-order valence-corrected chi connectivity index (χ3v) is 4.63. The van der Waals surface area contributed by atoms with Crippen LogP contribution in [0.1, 0.15) is 37.5 Å². The molecule has 0 heterocycles. The summed E-state index contributed by atoms with van der Waals surface area (Å²) in [5, 5.41) is 11.0. The molecule has 0 aromatic heterocycles. The molecule has 3 rings (SSSR count). The smallest absolute Gasteiger partial charge is 0.331 e. The van der Waals surface area contributed by atoms with Gasteiger partial charge in [-0.15, -0.1) is 0 Å². The van der Waals surface area contributed by atoms with Gasteiger partial charge in [0.05, 0.1) is 10.6 Å². The summed E-state index contributed by atoms with van der Waals surface area (Å²) >= 11 is 0. The number of carbonyl (C=O) groups is 1. The molecule has 3 aromatic carbocycles. The Balaban J connectivity index is 2.04. The maximum atomic E-state index is 13.1. The van der Waals surface area contributed by atoms with E-state index in [1.54, 1.807) is 12.1 Å². The van der Waals surface area contributed by atoms with E-state index in [0.717, 1.165) is 16.7 Å². The Kier molecular flexibility index (Phi) is 7.15. The number of benzene rings is 3. The third kappa shape index (κ3) is 6.35. The van der Waals surface area contributed by atoms with Crippen LogP contribution in [0.15, 0.2) is 89.9 Å². The van der Waals surface area contributed by atoms with Crippen molar-refractivity contribution >= 4 is 17.4 Å². The number of carbonyl (C=O) groups excluding carboxylic acids is 1. The molecule has 0 aliphatic rings. The summed E-state index contributed by atoms with van der Waals surface area (Å²) in [6, 6.07) is 24.7. The van der Waals surface area contributed by atoms with E-state index in [0.29, 0.717) is 5.71 Å². The predicted molar refractivity (Wildman–Crippen MR) is 125 cm³/mol. The second-order valence-electron chi connectivity index (χ2n) is 8.39. The van der Waals surface area contributed by atoms with Gasteiger partial charge in [-0.1, -0.05) is 72.8 Å². The van der Waals surface area contributed by atoms with E-state index in [1.807, 2.05) is 81.4 Å². The Bertz CT molecular complexity index is 1040. The molecule has 164 valence electrons. The molecule has 0 radical (unpaired) electrons. The van der Waals surface area contributed by atoms with Gasteiger partial charge in [-0.2, -0.15) is 0 Å². The molecule has 3 aromatic rings. The van der Waals surface area contributed by atoms with E-state index < -0.39 is 22.5 Å². The maximum Gasteiger partial charge on any atom is 0.331 e. The number of nitrogens with zero attached hydrogens (tertiary/aromatic N) is 2. The van der Waals surface area contributed by atoms with Crippen LogP contribution in [0, 0.1) is 10.1 Å². The molecule has 0 N–H and O–H groups in total. The Morgan fingerprint density at radius 1 is 0.906 bits per heavy atom. The Labute approximate surface area is 187 Å². The molecule has 0 saturated carbocycles. The van der Waals surface area contributed by atoms with Gasteiger partial charge in [-0.3, -0.25) is 15.1 Å². The molecule has 6 heteroatoms. The van der Waals surface area contributed by atoms with Gasteiger partial charge in [-0.05, 0) is 26.3 Å². The van der Waals surface area contributed by atoms with Crippen molar-refractivity contribution in [3.8, 4) is 0 Å². The van der Waals surface area contributed by atoms with Crippen LogP contribution in [0.5, 0.6) is 0 Å². The van der Waals surface area contributed by atoms with Crippen LogP contribution in [-0.2, 0) is 16.0 Å². The summed E-state index contributed by atoms with van der Waals surface area (Å²) in [5.74, 6) is -0.444. The van der Waals surface area contributed by atoms with Crippen LogP contribution >= 0.6 is 0 Å². The highest BCUT2D eigenvalue weighted by Crippen LogP contribution is 2.19. The molecule has 1 atom stereocenters. The van der Waals surface area contributed by atoms with Crippen LogP contribution in [0.3, 0.4) is 0 Å².